The first kappa shape index (κ1) is 12.6. The summed E-state index contributed by atoms with van der Waals surface area (Å²) in [7, 11) is 0. The van der Waals surface area contributed by atoms with E-state index in [9.17, 15) is 4.79 Å². The summed E-state index contributed by atoms with van der Waals surface area (Å²) < 4.78 is 0.328. The summed E-state index contributed by atoms with van der Waals surface area (Å²) in [6.45, 7) is 4.52. The van der Waals surface area contributed by atoms with E-state index in [1.807, 2.05) is 6.20 Å². The minimum absolute atomic E-state index is 0.000121. The molecule has 1 unspecified atom stereocenters. The SMILES string of the molecule is C=CCC1=NC=C[N+]1(CCO)CCC(=O)O. The summed E-state index contributed by atoms with van der Waals surface area (Å²) in [6, 6.07) is 0. The van der Waals surface area contributed by atoms with Crippen LogP contribution in [-0.2, 0) is 4.79 Å². The molecule has 0 aromatic heterocycles. The van der Waals surface area contributed by atoms with Crippen LogP contribution < -0.4 is 0 Å². The van der Waals surface area contributed by atoms with E-state index in [1.54, 1.807) is 12.3 Å². The molecule has 0 aromatic rings. The lowest BCUT2D eigenvalue weighted by Crippen LogP contribution is -2.49. The van der Waals surface area contributed by atoms with E-state index in [1.165, 1.54) is 0 Å². The number of carboxylic acids is 1. The molecule has 0 bridgehead atoms. The van der Waals surface area contributed by atoms with Gasteiger partial charge in [0, 0.05) is 0 Å². The summed E-state index contributed by atoms with van der Waals surface area (Å²) in [5.74, 6) is -0.000933. The molecule has 2 N–H and O–H groups in total. The van der Waals surface area contributed by atoms with Gasteiger partial charge in [-0.2, -0.15) is 0 Å². The highest BCUT2D eigenvalue weighted by Crippen LogP contribution is 2.20. The topological polar surface area (TPSA) is 69.9 Å². The standard InChI is InChI=1S/C11H16N2O3/c1-2-3-10-12-5-7-13(10,8-9-14)6-4-11(15)16/h2,5,7,14H,1,3-4,6,8-9H2/p+1. The summed E-state index contributed by atoms with van der Waals surface area (Å²) in [6.07, 6.45) is 5.89. The number of hydrogen-bond acceptors (Lipinski definition) is 3. The zero-order valence-corrected chi connectivity index (χ0v) is 9.17. The number of aliphatic imine (C=N–C) groups is 1. The summed E-state index contributed by atoms with van der Waals surface area (Å²) >= 11 is 0. The van der Waals surface area contributed by atoms with Crippen LogP contribution in [0.1, 0.15) is 12.8 Å². The third-order valence-corrected chi connectivity index (χ3v) is 2.64. The van der Waals surface area contributed by atoms with Gasteiger partial charge in [-0.3, -0.25) is 4.79 Å². The number of carboxylic acid groups (broad SMARTS) is 1. The van der Waals surface area contributed by atoms with Gasteiger partial charge in [-0.1, -0.05) is 6.08 Å². The number of carbonyl (C=O) groups is 1. The number of aliphatic hydroxyl groups excluding tert-OH is 1. The minimum Gasteiger partial charge on any atom is -0.481 e. The van der Waals surface area contributed by atoms with Crippen LogP contribution in [0.15, 0.2) is 30.0 Å². The van der Waals surface area contributed by atoms with E-state index in [-0.39, 0.29) is 13.0 Å². The number of aliphatic carboxylic acids is 1. The maximum absolute atomic E-state index is 10.6. The third-order valence-electron chi connectivity index (χ3n) is 2.64. The van der Waals surface area contributed by atoms with Gasteiger partial charge in [-0.05, 0) is 0 Å². The molecule has 0 saturated carbocycles. The highest BCUT2D eigenvalue weighted by Gasteiger charge is 2.34. The Morgan fingerprint density at radius 2 is 2.31 bits per heavy atom. The quantitative estimate of drug-likeness (QED) is 0.495. The zero-order chi connectivity index (χ0) is 12.0. The number of amidine groups is 1. The van der Waals surface area contributed by atoms with Crippen molar-refractivity contribution in [2.75, 3.05) is 19.7 Å². The Balaban J connectivity index is 2.78. The van der Waals surface area contributed by atoms with Crippen molar-refractivity contribution < 1.29 is 19.5 Å². The molecule has 5 nitrogen and oxygen atoms in total. The van der Waals surface area contributed by atoms with Crippen LogP contribution in [0.3, 0.4) is 0 Å². The smallest absolute Gasteiger partial charge is 0.309 e. The zero-order valence-electron chi connectivity index (χ0n) is 9.17. The maximum Gasteiger partial charge on any atom is 0.309 e. The van der Waals surface area contributed by atoms with Crippen LogP contribution in [0.5, 0.6) is 0 Å². The van der Waals surface area contributed by atoms with Gasteiger partial charge in [0.1, 0.15) is 12.7 Å². The Kier molecular flexibility index (Phi) is 4.39. The molecule has 0 aromatic carbocycles. The van der Waals surface area contributed by atoms with Crippen LogP contribution in [0.4, 0.5) is 0 Å². The number of hydrogen-bond donors (Lipinski definition) is 2. The van der Waals surface area contributed by atoms with Crippen LogP contribution in [-0.4, -0.2) is 46.2 Å². The molecular weight excluding hydrogens is 208 g/mol. The molecule has 1 heterocycles. The van der Waals surface area contributed by atoms with E-state index in [2.05, 4.69) is 11.6 Å². The van der Waals surface area contributed by atoms with E-state index < -0.39 is 5.97 Å². The van der Waals surface area contributed by atoms with Gasteiger partial charge < -0.3 is 10.2 Å². The van der Waals surface area contributed by atoms with Gasteiger partial charge in [0.05, 0.1) is 32.2 Å². The second-order valence-corrected chi connectivity index (χ2v) is 3.68. The molecule has 0 fully saturated rings. The summed E-state index contributed by atoms with van der Waals surface area (Å²) in [5.41, 5.74) is 0. The lowest BCUT2D eigenvalue weighted by Gasteiger charge is -2.30. The lowest BCUT2D eigenvalue weighted by molar-refractivity contribution is -0.787. The first-order valence-electron chi connectivity index (χ1n) is 5.20. The lowest BCUT2D eigenvalue weighted by atomic mass is 10.2. The van der Waals surface area contributed by atoms with Gasteiger partial charge in [-0.15, -0.1) is 6.58 Å². The fraction of sp³-hybridized carbons (Fsp3) is 0.455. The minimum atomic E-state index is -0.839. The monoisotopic (exact) mass is 225 g/mol. The van der Waals surface area contributed by atoms with E-state index in [4.69, 9.17) is 10.2 Å². The molecule has 1 atom stereocenters. The number of rotatable bonds is 7. The molecule has 88 valence electrons. The average Bonchev–Trinajstić information content (AvgIpc) is 2.61. The van der Waals surface area contributed by atoms with Gasteiger partial charge >= 0.3 is 5.97 Å². The third kappa shape index (κ3) is 2.77. The first-order chi connectivity index (χ1) is 7.64. The summed E-state index contributed by atoms with van der Waals surface area (Å²) in [4.78, 5) is 14.8. The number of nitrogens with zero attached hydrogens (tertiary/aromatic N) is 2. The summed E-state index contributed by atoms with van der Waals surface area (Å²) in [5, 5.41) is 17.8. The maximum atomic E-state index is 10.6. The molecule has 0 radical (unpaired) electrons. The van der Waals surface area contributed by atoms with Gasteiger partial charge in [0.15, 0.2) is 0 Å². The van der Waals surface area contributed by atoms with Crippen molar-refractivity contribution >= 4 is 11.8 Å². The predicted octanol–water partition coefficient (Wildman–Crippen LogP) is 0.730. The Bertz CT molecular complexity index is 336. The Labute approximate surface area is 94.6 Å². The highest BCUT2D eigenvalue weighted by molar-refractivity contribution is 5.80. The molecule has 1 aliphatic rings. The highest BCUT2D eigenvalue weighted by atomic mass is 16.4. The molecule has 0 amide bonds. The molecule has 1 aliphatic heterocycles. The normalized spacial score (nSPS) is 23.2. The van der Waals surface area contributed by atoms with Crippen molar-refractivity contribution in [1.29, 1.82) is 0 Å². The van der Waals surface area contributed by atoms with E-state index >= 15 is 0 Å². The molecule has 5 heteroatoms. The van der Waals surface area contributed by atoms with Crippen molar-refractivity contribution in [3.63, 3.8) is 0 Å². The average molecular weight is 225 g/mol. The van der Waals surface area contributed by atoms with Crippen LogP contribution >= 0.6 is 0 Å². The van der Waals surface area contributed by atoms with Gasteiger partial charge in [0.2, 0.25) is 5.84 Å². The number of aliphatic hydroxyl groups is 1. The first-order valence-corrected chi connectivity index (χ1v) is 5.20. The predicted molar refractivity (Wildman–Crippen MR) is 60.7 cm³/mol. The van der Waals surface area contributed by atoms with Crippen molar-refractivity contribution in [2.24, 2.45) is 4.99 Å². The Morgan fingerprint density at radius 1 is 1.56 bits per heavy atom. The molecule has 16 heavy (non-hydrogen) atoms. The van der Waals surface area contributed by atoms with Gasteiger partial charge in [-0.25, -0.2) is 9.48 Å². The molecule has 1 rings (SSSR count). The fourth-order valence-electron chi connectivity index (χ4n) is 1.80. The Morgan fingerprint density at radius 3 is 2.88 bits per heavy atom. The Hall–Kier alpha value is -1.46. The van der Waals surface area contributed by atoms with Crippen LogP contribution in [0.25, 0.3) is 0 Å². The van der Waals surface area contributed by atoms with Crippen LogP contribution in [0.2, 0.25) is 0 Å². The van der Waals surface area contributed by atoms with Crippen molar-refractivity contribution in [2.45, 2.75) is 12.8 Å². The molecule has 0 spiro atoms. The number of quaternary nitrogens is 1. The van der Waals surface area contributed by atoms with E-state index in [0.717, 1.165) is 5.84 Å². The van der Waals surface area contributed by atoms with E-state index in [0.29, 0.717) is 24.0 Å². The largest absolute Gasteiger partial charge is 0.481 e. The van der Waals surface area contributed by atoms with Crippen LogP contribution in [0, 0.1) is 0 Å². The van der Waals surface area contributed by atoms with Gasteiger partial charge in [0.25, 0.3) is 0 Å². The van der Waals surface area contributed by atoms with Crippen molar-refractivity contribution in [1.82, 2.24) is 0 Å². The molecule has 0 aliphatic carbocycles. The van der Waals surface area contributed by atoms with Crippen molar-refractivity contribution in [3.05, 3.63) is 25.1 Å². The second-order valence-electron chi connectivity index (χ2n) is 3.68. The second kappa shape index (κ2) is 5.58. The molecule has 0 saturated heterocycles. The van der Waals surface area contributed by atoms with Crippen molar-refractivity contribution in [3.8, 4) is 0 Å². The fourth-order valence-corrected chi connectivity index (χ4v) is 1.80. The molecular formula is C11H17N2O3+.